The third-order valence-electron chi connectivity index (χ3n) is 2.94. The SMILES string of the molecule is CS(=O)(=O)C1CCC(F)(F)c2ccccc21. The lowest BCUT2D eigenvalue weighted by molar-refractivity contribution is -0.0222. The summed E-state index contributed by atoms with van der Waals surface area (Å²) < 4.78 is 50.2. The minimum Gasteiger partial charge on any atom is -0.228 e. The lowest BCUT2D eigenvalue weighted by Crippen LogP contribution is -2.27. The second-order valence-corrected chi connectivity index (χ2v) is 6.38. The smallest absolute Gasteiger partial charge is 0.228 e. The van der Waals surface area contributed by atoms with Crippen LogP contribution in [-0.2, 0) is 15.8 Å². The van der Waals surface area contributed by atoms with Gasteiger partial charge in [0.1, 0.15) is 0 Å². The van der Waals surface area contributed by atoms with Gasteiger partial charge in [0.05, 0.1) is 5.25 Å². The molecule has 0 saturated heterocycles. The van der Waals surface area contributed by atoms with Crippen LogP contribution >= 0.6 is 0 Å². The average molecular weight is 246 g/mol. The lowest BCUT2D eigenvalue weighted by atomic mass is 9.88. The highest BCUT2D eigenvalue weighted by molar-refractivity contribution is 7.90. The molecule has 1 atom stereocenters. The number of halogens is 2. The van der Waals surface area contributed by atoms with Gasteiger partial charge in [-0.05, 0) is 12.0 Å². The first-order chi connectivity index (χ1) is 7.32. The Labute approximate surface area is 93.2 Å². The van der Waals surface area contributed by atoms with E-state index < -0.39 is 27.4 Å². The largest absolute Gasteiger partial charge is 0.273 e. The van der Waals surface area contributed by atoms with Crippen LogP contribution in [0.5, 0.6) is 0 Å². The molecule has 0 radical (unpaired) electrons. The van der Waals surface area contributed by atoms with Gasteiger partial charge in [-0.1, -0.05) is 24.3 Å². The predicted molar refractivity (Wildman–Crippen MR) is 57.2 cm³/mol. The molecule has 1 aliphatic rings. The Hall–Kier alpha value is -0.970. The van der Waals surface area contributed by atoms with Gasteiger partial charge in [0, 0.05) is 18.2 Å². The van der Waals surface area contributed by atoms with Gasteiger partial charge in [0.2, 0.25) is 0 Å². The van der Waals surface area contributed by atoms with E-state index in [-0.39, 0.29) is 17.5 Å². The molecule has 0 saturated carbocycles. The third kappa shape index (κ3) is 1.84. The summed E-state index contributed by atoms with van der Waals surface area (Å²) in [6.07, 6.45) is 0.683. The third-order valence-corrected chi connectivity index (χ3v) is 4.46. The zero-order valence-corrected chi connectivity index (χ0v) is 9.60. The summed E-state index contributed by atoms with van der Waals surface area (Å²) >= 11 is 0. The Bertz CT molecular complexity index is 508. The maximum Gasteiger partial charge on any atom is 0.273 e. The highest BCUT2D eigenvalue weighted by Gasteiger charge is 2.42. The molecular formula is C11H12F2O2S. The summed E-state index contributed by atoms with van der Waals surface area (Å²) in [5.74, 6) is -2.90. The van der Waals surface area contributed by atoms with Crippen molar-refractivity contribution in [2.24, 2.45) is 0 Å². The van der Waals surface area contributed by atoms with Gasteiger partial charge in [-0.25, -0.2) is 17.2 Å². The molecule has 0 N–H and O–H groups in total. The molecular weight excluding hydrogens is 234 g/mol. The fraction of sp³-hybridized carbons (Fsp3) is 0.455. The van der Waals surface area contributed by atoms with E-state index in [2.05, 4.69) is 0 Å². The maximum atomic E-state index is 13.6. The molecule has 5 heteroatoms. The molecule has 1 aromatic rings. The van der Waals surface area contributed by atoms with Gasteiger partial charge in [-0.2, -0.15) is 0 Å². The molecule has 1 aliphatic carbocycles. The zero-order chi connectivity index (χ0) is 12.0. The number of alkyl halides is 2. The molecule has 0 heterocycles. The molecule has 1 unspecified atom stereocenters. The maximum absolute atomic E-state index is 13.6. The van der Waals surface area contributed by atoms with Gasteiger partial charge in [-0.15, -0.1) is 0 Å². The Kier molecular flexibility index (Phi) is 2.53. The molecule has 1 aromatic carbocycles. The Balaban J connectivity index is 2.61. The standard InChI is InChI=1S/C11H12F2O2S/c1-16(14,15)10-6-7-11(12,13)9-5-3-2-4-8(9)10/h2-5,10H,6-7H2,1H3. The molecule has 0 aliphatic heterocycles. The highest BCUT2D eigenvalue weighted by atomic mass is 32.2. The predicted octanol–water partition coefficient (Wildman–Crippen LogP) is 2.66. The minimum absolute atomic E-state index is 0.0111. The Morgan fingerprint density at radius 1 is 1.31 bits per heavy atom. The summed E-state index contributed by atoms with van der Waals surface area (Å²) in [4.78, 5) is 0. The van der Waals surface area contributed by atoms with Gasteiger partial charge >= 0.3 is 0 Å². The van der Waals surface area contributed by atoms with Gasteiger partial charge in [0.15, 0.2) is 9.84 Å². The van der Waals surface area contributed by atoms with Crippen LogP contribution in [0.4, 0.5) is 8.78 Å². The first-order valence-corrected chi connectivity index (χ1v) is 6.94. The number of fused-ring (bicyclic) bond motifs is 1. The normalized spacial score (nSPS) is 23.8. The second-order valence-electron chi connectivity index (χ2n) is 4.15. The van der Waals surface area contributed by atoms with Crippen LogP contribution in [0.25, 0.3) is 0 Å². The van der Waals surface area contributed by atoms with E-state index >= 15 is 0 Å². The number of hydrogen-bond acceptors (Lipinski definition) is 2. The first kappa shape index (κ1) is 11.5. The van der Waals surface area contributed by atoms with Crippen LogP contribution in [0.2, 0.25) is 0 Å². The van der Waals surface area contributed by atoms with Crippen molar-refractivity contribution >= 4 is 9.84 Å². The van der Waals surface area contributed by atoms with E-state index in [9.17, 15) is 17.2 Å². The van der Waals surface area contributed by atoms with Gasteiger partial charge in [-0.3, -0.25) is 0 Å². The van der Waals surface area contributed by atoms with Crippen LogP contribution in [0, 0.1) is 0 Å². The van der Waals surface area contributed by atoms with E-state index in [4.69, 9.17) is 0 Å². The molecule has 0 amide bonds. The van der Waals surface area contributed by atoms with Crippen molar-refractivity contribution in [1.29, 1.82) is 0 Å². The molecule has 0 aromatic heterocycles. The van der Waals surface area contributed by atoms with Crippen LogP contribution in [-0.4, -0.2) is 14.7 Å². The van der Waals surface area contributed by atoms with E-state index in [1.165, 1.54) is 18.2 Å². The van der Waals surface area contributed by atoms with Crippen LogP contribution in [0.15, 0.2) is 24.3 Å². The minimum atomic E-state index is -3.32. The zero-order valence-electron chi connectivity index (χ0n) is 8.78. The van der Waals surface area contributed by atoms with Crippen molar-refractivity contribution in [3.05, 3.63) is 35.4 Å². The Morgan fingerprint density at radius 2 is 1.94 bits per heavy atom. The van der Waals surface area contributed by atoms with Crippen LogP contribution in [0.1, 0.15) is 29.2 Å². The summed E-state index contributed by atoms with van der Waals surface area (Å²) in [6.45, 7) is 0. The lowest BCUT2D eigenvalue weighted by Gasteiger charge is -2.30. The number of hydrogen-bond donors (Lipinski definition) is 0. The average Bonchev–Trinajstić information content (AvgIpc) is 2.16. The van der Waals surface area contributed by atoms with E-state index in [0.29, 0.717) is 0 Å². The van der Waals surface area contributed by atoms with Crippen LogP contribution in [0.3, 0.4) is 0 Å². The molecule has 88 valence electrons. The fourth-order valence-corrected chi connectivity index (χ4v) is 3.37. The summed E-state index contributed by atoms with van der Waals surface area (Å²) in [5.41, 5.74) is 0.109. The monoisotopic (exact) mass is 246 g/mol. The van der Waals surface area contributed by atoms with Crippen molar-refractivity contribution in [3.8, 4) is 0 Å². The topological polar surface area (TPSA) is 34.1 Å². The van der Waals surface area contributed by atoms with Gasteiger partial charge in [0.25, 0.3) is 5.92 Å². The highest BCUT2D eigenvalue weighted by Crippen LogP contribution is 2.46. The number of rotatable bonds is 1. The molecule has 0 fully saturated rings. The van der Waals surface area contributed by atoms with Crippen LogP contribution < -0.4 is 0 Å². The molecule has 0 bridgehead atoms. The Morgan fingerprint density at radius 3 is 2.56 bits per heavy atom. The molecule has 2 nitrogen and oxygen atoms in total. The van der Waals surface area contributed by atoms with Gasteiger partial charge < -0.3 is 0 Å². The van der Waals surface area contributed by atoms with Crippen molar-refractivity contribution in [2.45, 2.75) is 24.0 Å². The van der Waals surface area contributed by atoms with Crippen molar-refractivity contribution in [2.75, 3.05) is 6.26 Å². The molecule has 0 spiro atoms. The first-order valence-electron chi connectivity index (χ1n) is 4.98. The van der Waals surface area contributed by atoms with E-state index in [1.807, 2.05) is 0 Å². The summed E-state index contributed by atoms with van der Waals surface area (Å²) in [7, 11) is -3.32. The summed E-state index contributed by atoms with van der Waals surface area (Å²) in [6, 6.07) is 5.90. The van der Waals surface area contributed by atoms with Crippen molar-refractivity contribution < 1.29 is 17.2 Å². The fourth-order valence-electron chi connectivity index (χ4n) is 2.16. The second kappa shape index (κ2) is 3.52. The van der Waals surface area contributed by atoms with Crippen molar-refractivity contribution in [3.63, 3.8) is 0 Å². The number of sulfone groups is 1. The quantitative estimate of drug-likeness (QED) is 0.763. The van der Waals surface area contributed by atoms with E-state index in [0.717, 1.165) is 6.26 Å². The molecule has 2 rings (SSSR count). The van der Waals surface area contributed by atoms with Crippen molar-refractivity contribution in [1.82, 2.24) is 0 Å². The summed E-state index contributed by atoms with van der Waals surface area (Å²) in [5, 5.41) is -0.789. The van der Waals surface area contributed by atoms with E-state index in [1.54, 1.807) is 6.07 Å². The molecule has 16 heavy (non-hydrogen) atoms. The number of benzene rings is 1.